The number of rotatable bonds is 2. The van der Waals surface area contributed by atoms with Gasteiger partial charge in [-0.1, -0.05) is 41.6 Å². The first-order chi connectivity index (χ1) is 8.92. The molecular weight excluding hydrogens is 222 g/mol. The molecule has 2 aliphatic carbocycles. The van der Waals surface area contributed by atoms with Crippen LogP contribution in [0.4, 0.5) is 0 Å². The van der Waals surface area contributed by atoms with Crippen LogP contribution in [0.15, 0.2) is 41.6 Å². The van der Waals surface area contributed by atoms with E-state index in [4.69, 9.17) is 4.84 Å². The number of allylic oxidation sites excluding steroid dienone is 1. The third-order valence-corrected chi connectivity index (χ3v) is 4.71. The highest BCUT2D eigenvalue weighted by atomic mass is 16.6. The lowest BCUT2D eigenvalue weighted by Gasteiger charge is -2.22. The maximum Gasteiger partial charge on any atom is 0.139 e. The fourth-order valence-corrected chi connectivity index (χ4v) is 3.87. The zero-order valence-electron chi connectivity index (χ0n) is 10.3. The zero-order valence-corrected chi connectivity index (χ0v) is 10.3. The van der Waals surface area contributed by atoms with E-state index in [0.717, 1.165) is 17.5 Å². The third-order valence-electron chi connectivity index (χ3n) is 4.71. The average molecular weight is 239 g/mol. The van der Waals surface area contributed by atoms with Crippen LogP contribution in [0, 0.1) is 17.8 Å². The van der Waals surface area contributed by atoms with Gasteiger partial charge < -0.3 is 4.84 Å². The third kappa shape index (κ3) is 1.52. The molecule has 3 aliphatic rings. The highest BCUT2D eigenvalue weighted by Crippen LogP contribution is 2.52. The van der Waals surface area contributed by atoms with Crippen molar-refractivity contribution in [3.8, 4) is 0 Å². The van der Waals surface area contributed by atoms with Gasteiger partial charge in [0.25, 0.3) is 0 Å². The Labute approximate surface area is 107 Å². The number of benzene rings is 1. The maximum absolute atomic E-state index is 5.65. The Hall–Kier alpha value is -1.57. The monoisotopic (exact) mass is 239 g/mol. The van der Waals surface area contributed by atoms with Crippen molar-refractivity contribution in [2.75, 3.05) is 0 Å². The lowest BCUT2D eigenvalue weighted by atomic mass is 9.83. The second-order valence-corrected chi connectivity index (χ2v) is 5.69. The molecule has 0 saturated heterocycles. The molecule has 0 amide bonds. The number of oxime groups is 1. The van der Waals surface area contributed by atoms with Crippen molar-refractivity contribution < 1.29 is 4.84 Å². The van der Waals surface area contributed by atoms with Gasteiger partial charge in [-0.05, 0) is 42.7 Å². The minimum Gasteiger partial charge on any atom is -0.391 e. The lowest BCUT2D eigenvalue weighted by molar-refractivity contribution is 0.0275. The topological polar surface area (TPSA) is 21.6 Å². The van der Waals surface area contributed by atoms with Crippen molar-refractivity contribution in [1.82, 2.24) is 0 Å². The predicted molar refractivity (Wildman–Crippen MR) is 72.1 cm³/mol. The summed E-state index contributed by atoms with van der Waals surface area (Å²) in [6.07, 6.45) is 8.76. The summed E-state index contributed by atoms with van der Waals surface area (Å²) in [4.78, 5) is 5.65. The summed E-state index contributed by atoms with van der Waals surface area (Å²) in [5, 5.41) is 4.31. The van der Waals surface area contributed by atoms with Crippen LogP contribution in [0.5, 0.6) is 0 Å². The minimum absolute atomic E-state index is 0.388. The second kappa shape index (κ2) is 3.98. The van der Waals surface area contributed by atoms with Gasteiger partial charge in [-0.2, -0.15) is 0 Å². The van der Waals surface area contributed by atoms with Crippen LogP contribution in [0.3, 0.4) is 0 Å². The molecule has 2 fully saturated rings. The van der Waals surface area contributed by atoms with Crippen LogP contribution < -0.4 is 0 Å². The first kappa shape index (κ1) is 10.4. The minimum atomic E-state index is 0.388. The van der Waals surface area contributed by atoms with Crippen molar-refractivity contribution in [2.45, 2.75) is 25.4 Å². The Balaban J connectivity index is 1.55. The highest BCUT2D eigenvalue weighted by Gasteiger charge is 2.53. The predicted octanol–water partition coefficient (Wildman–Crippen LogP) is 3.50. The van der Waals surface area contributed by atoms with Crippen LogP contribution in [0.25, 0.3) is 6.08 Å². The molecule has 18 heavy (non-hydrogen) atoms. The summed E-state index contributed by atoms with van der Waals surface area (Å²) in [5.41, 5.74) is 2.39. The normalized spacial score (nSPS) is 36.8. The zero-order chi connectivity index (χ0) is 11.9. The summed E-state index contributed by atoms with van der Waals surface area (Å²) in [5.74, 6) is 2.16. The molecule has 2 heteroatoms. The fourth-order valence-electron chi connectivity index (χ4n) is 3.87. The maximum atomic E-state index is 5.65. The number of fused-ring (bicyclic) bond motifs is 5. The first-order valence-corrected chi connectivity index (χ1v) is 6.88. The van der Waals surface area contributed by atoms with Gasteiger partial charge in [0.1, 0.15) is 6.10 Å². The molecule has 1 aliphatic heterocycles. The van der Waals surface area contributed by atoms with Gasteiger partial charge in [0.2, 0.25) is 0 Å². The summed E-state index contributed by atoms with van der Waals surface area (Å²) in [6, 6.07) is 10.4. The standard InChI is InChI=1S/C16H17NO/c1-2-4-11(5-3-1)6-9-14-15-12-7-8-13(10-12)16(15)18-17-14/h1-6,9,12-13,15-16H,7-8,10H2/b9-6+/t12-,13+,15-,16-/m0/s1. The quantitative estimate of drug-likeness (QED) is 0.774. The van der Waals surface area contributed by atoms with Crippen molar-refractivity contribution >= 4 is 11.8 Å². The molecule has 1 aromatic rings. The summed E-state index contributed by atoms with van der Waals surface area (Å²) in [7, 11) is 0. The van der Waals surface area contributed by atoms with Crippen LogP contribution in [-0.4, -0.2) is 11.8 Å². The van der Waals surface area contributed by atoms with Crippen LogP contribution >= 0.6 is 0 Å². The van der Waals surface area contributed by atoms with E-state index in [0.29, 0.717) is 12.0 Å². The highest BCUT2D eigenvalue weighted by molar-refractivity contribution is 6.01. The van der Waals surface area contributed by atoms with Gasteiger partial charge in [-0.25, -0.2) is 0 Å². The van der Waals surface area contributed by atoms with Gasteiger partial charge in [-0.15, -0.1) is 0 Å². The molecule has 4 rings (SSSR count). The Kier molecular flexibility index (Phi) is 2.29. The number of hydrogen-bond donors (Lipinski definition) is 0. The molecule has 4 atom stereocenters. The van der Waals surface area contributed by atoms with E-state index < -0.39 is 0 Å². The molecule has 2 bridgehead atoms. The largest absolute Gasteiger partial charge is 0.391 e. The van der Waals surface area contributed by atoms with E-state index in [9.17, 15) is 0 Å². The van der Waals surface area contributed by atoms with Crippen molar-refractivity contribution in [3.05, 3.63) is 42.0 Å². The Morgan fingerprint density at radius 2 is 1.89 bits per heavy atom. The number of nitrogens with zero attached hydrogens (tertiary/aromatic N) is 1. The van der Waals surface area contributed by atoms with E-state index in [1.54, 1.807) is 0 Å². The lowest BCUT2D eigenvalue weighted by Crippen LogP contribution is -2.28. The molecule has 0 N–H and O–H groups in total. The van der Waals surface area contributed by atoms with Crippen molar-refractivity contribution in [2.24, 2.45) is 22.9 Å². The van der Waals surface area contributed by atoms with Gasteiger partial charge in [0.05, 0.1) is 5.71 Å². The second-order valence-electron chi connectivity index (χ2n) is 5.69. The smallest absolute Gasteiger partial charge is 0.139 e. The van der Waals surface area contributed by atoms with E-state index in [1.807, 2.05) is 6.07 Å². The molecular formula is C16H17NO. The van der Waals surface area contributed by atoms with Crippen LogP contribution in [0.1, 0.15) is 24.8 Å². The summed E-state index contributed by atoms with van der Waals surface area (Å²) < 4.78 is 0. The van der Waals surface area contributed by atoms with Crippen LogP contribution in [0.2, 0.25) is 0 Å². The Bertz CT molecular complexity index is 505. The van der Waals surface area contributed by atoms with E-state index in [2.05, 4.69) is 41.6 Å². The van der Waals surface area contributed by atoms with Crippen molar-refractivity contribution in [1.29, 1.82) is 0 Å². The Morgan fingerprint density at radius 3 is 2.78 bits per heavy atom. The van der Waals surface area contributed by atoms with Crippen LogP contribution in [-0.2, 0) is 4.84 Å². The van der Waals surface area contributed by atoms with E-state index in [-0.39, 0.29) is 0 Å². The van der Waals surface area contributed by atoms with Gasteiger partial charge in [0.15, 0.2) is 0 Å². The molecule has 0 unspecified atom stereocenters. The molecule has 2 saturated carbocycles. The molecule has 0 radical (unpaired) electrons. The number of hydrogen-bond acceptors (Lipinski definition) is 2. The molecule has 0 spiro atoms. The van der Waals surface area contributed by atoms with Gasteiger partial charge >= 0.3 is 0 Å². The van der Waals surface area contributed by atoms with Gasteiger partial charge in [0, 0.05) is 5.92 Å². The molecule has 92 valence electrons. The molecule has 0 aromatic heterocycles. The average Bonchev–Trinajstić information content (AvgIpc) is 3.11. The fraction of sp³-hybridized carbons (Fsp3) is 0.438. The summed E-state index contributed by atoms with van der Waals surface area (Å²) >= 11 is 0. The van der Waals surface area contributed by atoms with E-state index in [1.165, 1.54) is 24.8 Å². The summed E-state index contributed by atoms with van der Waals surface area (Å²) in [6.45, 7) is 0. The first-order valence-electron chi connectivity index (χ1n) is 6.88. The van der Waals surface area contributed by atoms with E-state index >= 15 is 0 Å². The molecule has 1 heterocycles. The van der Waals surface area contributed by atoms with Gasteiger partial charge in [-0.3, -0.25) is 0 Å². The van der Waals surface area contributed by atoms with Crippen molar-refractivity contribution in [3.63, 3.8) is 0 Å². The molecule has 1 aromatic carbocycles. The molecule has 2 nitrogen and oxygen atoms in total. The Morgan fingerprint density at radius 1 is 1.06 bits per heavy atom. The SMILES string of the molecule is C(=C\c1ccccc1)/C1=NO[C@H]2[C@@H]3CC[C@@H](C3)[C@@H]12.